The Hall–Kier alpha value is -3.41. The molecule has 6 heteroatoms. The van der Waals surface area contributed by atoms with E-state index in [0.29, 0.717) is 30.7 Å². The number of methoxy groups -OCH3 is 1. The van der Waals surface area contributed by atoms with Crippen LogP contribution < -0.4 is 4.74 Å². The number of fused-ring (bicyclic) bond motifs is 1. The highest BCUT2D eigenvalue weighted by Crippen LogP contribution is 2.37. The Kier molecular flexibility index (Phi) is 8.01. The monoisotopic (exact) mass is 476 g/mol. The molecule has 0 bridgehead atoms. The second-order valence-corrected chi connectivity index (χ2v) is 9.41. The summed E-state index contributed by atoms with van der Waals surface area (Å²) in [4.78, 5) is 18.2. The molecule has 0 radical (unpaired) electrons. The number of benzene rings is 2. The molecule has 0 unspecified atom stereocenters. The highest BCUT2D eigenvalue weighted by Gasteiger charge is 2.32. The molecule has 2 aromatic carbocycles. The van der Waals surface area contributed by atoms with Crippen LogP contribution in [0.25, 0.3) is 10.9 Å². The maximum atomic E-state index is 15.5. The summed E-state index contributed by atoms with van der Waals surface area (Å²) in [5, 5.41) is 10.3. The number of pyridine rings is 1. The number of ether oxygens (including phenoxy) is 1. The summed E-state index contributed by atoms with van der Waals surface area (Å²) < 4.78 is 20.8. The van der Waals surface area contributed by atoms with Gasteiger partial charge >= 0.3 is 5.97 Å². The lowest BCUT2D eigenvalue weighted by molar-refractivity contribution is -0.139. The molecule has 1 aromatic heterocycles. The quantitative estimate of drug-likeness (QED) is 0.377. The Morgan fingerprint density at radius 2 is 2.03 bits per heavy atom. The number of likely N-dealkylation sites (tertiary alicyclic amines) is 1. The molecule has 1 aliphatic rings. The van der Waals surface area contributed by atoms with E-state index in [0.717, 1.165) is 36.0 Å². The third kappa shape index (κ3) is 6.18. The van der Waals surface area contributed by atoms with Crippen molar-refractivity contribution in [1.82, 2.24) is 9.88 Å². The predicted octanol–water partition coefficient (Wildman–Crippen LogP) is 6.20. The summed E-state index contributed by atoms with van der Waals surface area (Å²) in [5.41, 5.74) is 3.54. The maximum Gasteiger partial charge on any atom is 0.303 e. The topological polar surface area (TPSA) is 62.7 Å². The van der Waals surface area contributed by atoms with Crippen molar-refractivity contribution in [2.75, 3.05) is 20.2 Å². The number of alkyl halides is 1. The number of carbonyl (C=O) groups is 1. The zero-order valence-corrected chi connectivity index (χ0v) is 20.2. The second-order valence-electron chi connectivity index (χ2n) is 9.41. The Morgan fingerprint density at radius 3 is 2.77 bits per heavy atom. The lowest BCUT2D eigenvalue weighted by atomic mass is 9.79. The van der Waals surface area contributed by atoms with E-state index < -0.39 is 12.1 Å². The first kappa shape index (κ1) is 24.7. The molecule has 5 nitrogen and oxygen atoms in total. The molecule has 35 heavy (non-hydrogen) atoms. The summed E-state index contributed by atoms with van der Waals surface area (Å²) >= 11 is 0. The number of hydrogen-bond donors (Lipinski definition) is 1. The average Bonchev–Trinajstić information content (AvgIpc) is 2.87. The normalized spacial score (nSPS) is 18.9. The van der Waals surface area contributed by atoms with Gasteiger partial charge in [-0.1, -0.05) is 36.9 Å². The summed E-state index contributed by atoms with van der Waals surface area (Å²) in [6.07, 6.45) is 3.16. The van der Waals surface area contributed by atoms with Crippen LogP contribution in [0.2, 0.25) is 0 Å². The van der Waals surface area contributed by atoms with Crippen LogP contribution in [0.1, 0.15) is 43.0 Å². The molecule has 2 heterocycles. The summed E-state index contributed by atoms with van der Waals surface area (Å²) in [6, 6.07) is 17.4. The minimum atomic E-state index is -1.15. The molecule has 1 fully saturated rings. The van der Waals surface area contributed by atoms with Crippen LogP contribution in [-0.2, 0) is 11.2 Å². The Morgan fingerprint density at radius 1 is 1.23 bits per heavy atom. The minimum absolute atomic E-state index is 0.0322. The van der Waals surface area contributed by atoms with Crippen LogP contribution in [0, 0.1) is 11.8 Å². The van der Waals surface area contributed by atoms with E-state index in [4.69, 9.17) is 4.74 Å². The van der Waals surface area contributed by atoms with Crippen molar-refractivity contribution in [2.45, 2.75) is 38.3 Å². The van der Waals surface area contributed by atoms with Gasteiger partial charge in [-0.25, -0.2) is 4.39 Å². The molecular formula is C29H33FN2O3. The minimum Gasteiger partial charge on any atom is -0.497 e. The number of rotatable bonds is 10. The van der Waals surface area contributed by atoms with Gasteiger partial charge in [0, 0.05) is 36.8 Å². The number of nitrogens with zero attached hydrogens (tertiary/aromatic N) is 2. The highest BCUT2D eigenvalue weighted by molar-refractivity contribution is 5.83. The largest absolute Gasteiger partial charge is 0.497 e. The molecule has 0 spiro atoms. The molecule has 4 rings (SSSR count). The fourth-order valence-corrected chi connectivity index (χ4v) is 5.21. The third-order valence-corrected chi connectivity index (χ3v) is 7.14. The first-order valence-electron chi connectivity index (χ1n) is 12.2. The first-order valence-corrected chi connectivity index (χ1v) is 12.2. The number of piperidine rings is 1. The molecule has 0 aliphatic carbocycles. The Balaban J connectivity index is 1.41. The molecule has 3 aromatic rings. The van der Waals surface area contributed by atoms with E-state index in [2.05, 4.69) is 28.6 Å². The molecule has 0 amide bonds. The van der Waals surface area contributed by atoms with Crippen molar-refractivity contribution in [3.05, 3.63) is 84.2 Å². The van der Waals surface area contributed by atoms with Gasteiger partial charge in [0.15, 0.2) is 0 Å². The molecule has 0 saturated carbocycles. The standard InChI is InChI=1S/C29H33FN2O3/c1-20(16-21-6-4-3-5-7-21)32-15-13-22(23(19-32)17-29(33)34)8-10-27(30)25-12-14-31-28-11-9-24(35-2)18-26(25)28/h3-7,9,11-12,14,18,22-23,27H,1,8,10,13,15-17,19H2,2H3,(H,33,34)/t22-,23+,27-/m1/s1. The number of carboxylic acids is 1. The van der Waals surface area contributed by atoms with E-state index in [1.807, 2.05) is 36.4 Å². The van der Waals surface area contributed by atoms with E-state index in [1.54, 1.807) is 19.4 Å². The number of allylic oxidation sites excluding steroid dienone is 1. The predicted molar refractivity (Wildman–Crippen MR) is 136 cm³/mol. The van der Waals surface area contributed by atoms with Gasteiger partial charge in [0.25, 0.3) is 0 Å². The van der Waals surface area contributed by atoms with Crippen LogP contribution in [0.15, 0.2) is 73.1 Å². The molecule has 1 saturated heterocycles. The van der Waals surface area contributed by atoms with Crippen LogP contribution in [0.4, 0.5) is 4.39 Å². The molecule has 1 aliphatic heterocycles. The zero-order valence-electron chi connectivity index (χ0n) is 20.2. The molecule has 184 valence electrons. The van der Waals surface area contributed by atoms with Gasteiger partial charge in [0.05, 0.1) is 19.0 Å². The second kappa shape index (κ2) is 11.3. The average molecular weight is 477 g/mol. The van der Waals surface area contributed by atoms with Crippen molar-refractivity contribution < 1.29 is 19.0 Å². The highest BCUT2D eigenvalue weighted by atomic mass is 19.1. The third-order valence-electron chi connectivity index (χ3n) is 7.14. The van der Waals surface area contributed by atoms with Gasteiger partial charge in [0.1, 0.15) is 11.9 Å². The summed E-state index contributed by atoms with van der Waals surface area (Å²) in [6.45, 7) is 5.74. The van der Waals surface area contributed by atoms with Gasteiger partial charge in [-0.2, -0.15) is 0 Å². The van der Waals surface area contributed by atoms with E-state index in [1.165, 1.54) is 5.56 Å². The van der Waals surface area contributed by atoms with Crippen LogP contribution in [0.5, 0.6) is 5.75 Å². The van der Waals surface area contributed by atoms with E-state index in [-0.39, 0.29) is 18.3 Å². The number of hydrogen-bond acceptors (Lipinski definition) is 4. The van der Waals surface area contributed by atoms with Crippen LogP contribution in [0.3, 0.4) is 0 Å². The van der Waals surface area contributed by atoms with Crippen molar-refractivity contribution in [3.8, 4) is 5.75 Å². The van der Waals surface area contributed by atoms with E-state index in [9.17, 15) is 9.90 Å². The molecule has 3 atom stereocenters. The zero-order chi connectivity index (χ0) is 24.8. The van der Waals surface area contributed by atoms with Gasteiger partial charge in [-0.3, -0.25) is 9.78 Å². The number of aromatic nitrogens is 1. The fraction of sp³-hybridized carbons (Fsp3) is 0.379. The number of halogens is 1. The fourth-order valence-electron chi connectivity index (χ4n) is 5.21. The van der Waals surface area contributed by atoms with Gasteiger partial charge < -0.3 is 14.7 Å². The maximum absolute atomic E-state index is 15.5. The molecule has 1 N–H and O–H groups in total. The smallest absolute Gasteiger partial charge is 0.303 e. The van der Waals surface area contributed by atoms with Crippen LogP contribution in [-0.4, -0.2) is 41.2 Å². The lowest BCUT2D eigenvalue weighted by Crippen LogP contribution is -2.41. The van der Waals surface area contributed by atoms with Crippen molar-refractivity contribution in [2.24, 2.45) is 11.8 Å². The van der Waals surface area contributed by atoms with Gasteiger partial charge in [0.2, 0.25) is 0 Å². The summed E-state index contributed by atoms with van der Waals surface area (Å²) in [7, 11) is 1.59. The van der Waals surface area contributed by atoms with Crippen molar-refractivity contribution in [3.63, 3.8) is 0 Å². The number of carboxylic acid groups (broad SMARTS) is 1. The lowest BCUT2D eigenvalue weighted by Gasteiger charge is -2.40. The number of aliphatic carboxylic acids is 1. The van der Waals surface area contributed by atoms with Gasteiger partial charge in [-0.05, 0) is 66.5 Å². The van der Waals surface area contributed by atoms with Gasteiger partial charge in [-0.15, -0.1) is 0 Å². The van der Waals surface area contributed by atoms with Crippen molar-refractivity contribution in [1.29, 1.82) is 0 Å². The van der Waals surface area contributed by atoms with Crippen molar-refractivity contribution >= 4 is 16.9 Å². The Labute approximate surface area is 206 Å². The SMILES string of the molecule is C=C(Cc1ccccc1)N1CC[C@@H](CC[C@@H](F)c2ccnc3ccc(OC)cc23)[C@@H](CC(=O)O)C1. The Bertz CT molecular complexity index is 1170. The summed E-state index contributed by atoms with van der Waals surface area (Å²) in [5.74, 6) is -0.00821. The first-order chi connectivity index (χ1) is 16.9. The van der Waals surface area contributed by atoms with E-state index >= 15 is 4.39 Å². The van der Waals surface area contributed by atoms with Crippen LogP contribution >= 0.6 is 0 Å². The molecular weight excluding hydrogens is 443 g/mol.